The minimum absolute atomic E-state index is 0. The molecule has 0 aliphatic heterocycles. The zero-order chi connectivity index (χ0) is 42.3. The van der Waals surface area contributed by atoms with E-state index in [-0.39, 0.29) is 113 Å². The zero-order valence-corrected chi connectivity index (χ0v) is 36.5. The van der Waals surface area contributed by atoms with Crippen LogP contribution in [-0.4, -0.2) is 81.8 Å². The van der Waals surface area contributed by atoms with Gasteiger partial charge in [-0.1, -0.05) is 109 Å². The molecule has 0 saturated heterocycles. The van der Waals surface area contributed by atoms with Gasteiger partial charge in [-0.3, -0.25) is 24.0 Å². The van der Waals surface area contributed by atoms with E-state index in [4.69, 9.17) is 18.9 Å². The Hall–Kier alpha value is -2.89. The largest absolute Gasteiger partial charge is 0.381 e. The maximum absolute atomic E-state index is 11.7. The number of methoxy groups -OCH3 is 4. The van der Waals surface area contributed by atoms with E-state index in [1.807, 2.05) is 35.7 Å². The van der Waals surface area contributed by atoms with Crippen LogP contribution in [0.1, 0.15) is 212 Å². The first-order valence-electron chi connectivity index (χ1n) is 19.7. The van der Waals surface area contributed by atoms with Crippen LogP contribution in [0.3, 0.4) is 0 Å². The van der Waals surface area contributed by atoms with Crippen molar-refractivity contribution in [3.05, 3.63) is 60.4 Å². The number of thiophene rings is 1. The van der Waals surface area contributed by atoms with Crippen molar-refractivity contribution < 1.29 is 42.9 Å². The lowest BCUT2D eigenvalue weighted by atomic mass is 10.0. The van der Waals surface area contributed by atoms with E-state index in [1.54, 1.807) is 49.2 Å². The standard InChI is InChI=1S/C13H24O2.C12H16O3S.C11H20O2.C9H16O2.8CH4/c1-4-5-6-7-8-9-10-13(15-3)11-12(2)14;1-9(13)8-10(15-2)5-6-11(14)12-4-3-7-16-12;1-4-5-6-7-8-11(13-3)9-10(2)12;1-4-5-6-9(11-3)7-8(2)10;;;;;;;;/h4,13H,1,5-11H2,2-3H3;3-4,7,10H,5-6,8H2,1-2H3;4,11H,1,5-9H2,2-3H3;4,9H,1,5-7H2,2-3H3;8*1H4. The quantitative estimate of drug-likeness (QED) is 0.0407. The van der Waals surface area contributed by atoms with Crippen LogP contribution in [-0.2, 0) is 38.1 Å². The number of allylic oxidation sites excluding steroid dienone is 3. The summed E-state index contributed by atoms with van der Waals surface area (Å²) in [6, 6.07) is 3.68. The van der Waals surface area contributed by atoms with Crippen molar-refractivity contribution >= 4 is 40.3 Å². The van der Waals surface area contributed by atoms with Gasteiger partial charge in [0, 0.05) is 60.5 Å². The number of carbonyl (C=O) groups excluding carboxylic acids is 5. The molecule has 0 radical (unpaired) electrons. The lowest BCUT2D eigenvalue weighted by molar-refractivity contribution is -0.120. The first kappa shape index (κ1) is 87.1. The van der Waals surface area contributed by atoms with Gasteiger partial charge >= 0.3 is 0 Å². The zero-order valence-electron chi connectivity index (χ0n) is 35.7. The predicted molar refractivity (Wildman–Crippen MR) is 282 cm³/mol. The molecule has 0 fully saturated rings. The van der Waals surface area contributed by atoms with Crippen LogP contribution in [0.5, 0.6) is 0 Å². The molecule has 1 aromatic heterocycles. The maximum atomic E-state index is 11.7. The Morgan fingerprint density at radius 1 is 0.492 bits per heavy atom. The molecule has 63 heavy (non-hydrogen) atoms. The van der Waals surface area contributed by atoms with Gasteiger partial charge in [0.2, 0.25) is 0 Å². The Kier molecular flexibility index (Phi) is 87.6. The molecule has 0 saturated carbocycles. The van der Waals surface area contributed by atoms with Crippen LogP contribution in [0.25, 0.3) is 0 Å². The van der Waals surface area contributed by atoms with Crippen molar-refractivity contribution in [2.24, 2.45) is 0 Å². The van der Waals surface area contributed by atoms with Gasteiger partial charge in [0.05, 0.1) is 29.3 Å². The second kappa shape index (κ2) is 63.4. The minimum Gasteiger partial charge on any atom is -0.381 e. The SMILES string of the molecule is C.C.C.C.C.C.C.C.C=CCCC(CC(C)=O)OC.C=CCCCCC(CC(C)=O)OC.C=CCCCCCCC(CC(C)=O)OC.COC(CCC(=O)c1cccs1)CC(C)=O. The number of ether oxygens (including phenoxy) is 4. The number of Topliss-reactive ketones (excluding diaryl/α,β-unsaturated/α-hetero) is 5. The van der Waals surface area contributed by atoms with Crippen LogP contribution < -0.4 is 0 Å². The number of rotatable bonds is 31. The molecule has 0 spiro atoms. The highest BCUT2D eigenvalue weighted by Gasteiger charge is 2.14. The fraction of sp³-hybridized carbons (Fsp3) is 0.717. The Labute approximate surface area is 397 Å². The molecule has 1 rings (SSSR count). The molecule has 4 unspecified atom stereocenters. The highest BCUT2D eigenvalue weighted by Crippen LogP contribution is 2.16. The van der Waals surface area contributed by atoms with Crippen LogP contribution in [0.2, 0.25) is 0 Å². The van der Waals surface area contributed by atoms with Crippen LogP contribution >= 0.6 is 11.3 Å². The van der Waals surface area contributed by atoms with Crippen molar-refractivity contribution in [1.29, 1.82) is 0 Å². The van der Waals surface area contributed by atoms with Gasteiger partial charge in [-0.25, -0.2) is 0 Å². The first-order valence-corrected chi connectivity index (χ1v) is 20.6. The van der Waals surface area contributed by atoms with Gasteiger partial charge < -0.3 is 18.9 Å². The molecule has 0 bridgehead atoms. The van der Waals surface area contributed by atoms with Crippen molar-refractivity contribution in [3.63, 3.8) is 0 Å². The van der Waals surface area contributed by atoms with Gasteiger partial charge in [0.1, 0.15) is 23.1 Å². The number of ketones is 5. The summed E-state index contributed by atoms with van der Waals surface area (Å²) >= 11 is 1.45. The van der Waals surface area contributed by atoms with E-state index in [0.717, 1.165) is 62.7 Å². The molecule has 9 nitrogen and oxygen atoms in total. The summed E-state index contributed by atoms with van der Waals surface area (Å²) in [7, 11) is 6.56. The van der Waals surface area contributed by atoms with E-state index in [1.165, 1.54) is 37.5 Å². The summed E-state index contributed by atoms with van der Waals surface area (Å²) in [6.07, 6.45) is 22.0. The second-order valence-corrected chi connectivity index (χ2v) is 14.7. The van der Waals surface area contributed by atoms with Crippen molar-refractivity contribution in [3.8, 4) is 0 Å². The Bertz CT molecular complexity index is 1150. The van der Waals surface area contributed by atoms with Crippen LogP contribution in [0.15, 0.2) is 55.5 Å². The molecular formula is C53H108O9S. The third kappa shape index (κ3) is 63.5. The lowest BCUT2D eigenvalue weighted by Gasteiger charge is -2.12. The molecule has 1 heterocycles. The Balaban J connectivity index is -0.0000000615. The molecule has 0 aliphatic rings. The summed E-state index contributed by atoms with van der Waals surface area (Å²) in [6.45, 7) is 17.3. The fourth-order valence-corrected chi connectivity index (χ4v) is 6.02. The van der Waals surface area contributed by atoms with Crippen molar-refractivity contribution in [2.45, 2.75) is 227 Å². The minimum atomic E-state index is -0.138. The van der Waals surface area contributed by atoms with Crippen molar-refractivity contribution in [2.75, 3.05) is 28.4 Å². The highest BCUT2D eigenvalue weighted by molar-refractivity contribution is 7.12. The molecule has 0 amide bonds. The highest BCUT2D eigenvalue weighted by atomic mass is 32.1. The smallest absolute Gasteiger partial charge is 0.172 e. The van der Waals surface area contributed by atoms with Crippen molar-refractivity contribution in [1.82, 2.24) is 0 Å². The van der Waals surface area contributed by atoms with E-state index < -0.39 is 0 Å². The van der Waals surface area contributed by atoms with Gasteiger partial charge in [-0.05, 0) is 96.9 Å². The molecule has 4 atom stereocenters. The van der Waals surface area contributed by atoms with Gasteiger partial charge in [0.25, 0.3) is 0 Å². The Morgan fingerprint density at radius 2 is 0.810 bits per heavy atom. The number of hydrogen-bond acceptors (Lipinski definition) is 10. The molecule has 1 aromatic rings. The van der Waals surface area contributed by atoms with Gasteiger partial charge in [-0.15, -0.1) is 31.1 Å². The van der Waals surface area contributed by atoms with E-state index in [2.05, 4.69) is 19.7 Å². The van der Waals surface area contributed by atoms with E-state index in [0.29, 0.717) is 38.5 Å². The number of hydrogen-bond donors (Lipinski definition) is 0. The fourth-order valence-electron chi connectivity index (χ4n) is 5.33. The third-order valence-electron chi connectivity index (χ3n) is 8.44. The predicted octanol–water partition coefficient (Wildman–Crippen LogP) is 16.0. The average Bonchev–Trinajstić information content (AvgIpc) is 3.69. The summed E-state index contributed by atoms with van der Waals surface area (Å²) in [5.74, 6) is 0.820. The molecule has 0 aromatic carbocycles. The first-order chi connectivity index (χ1) is 26.2. The third-order valence-corrected chi connectivity index (χ3v) is 9.36. The molecule has 0 N–H and O–H groups in total. The number of unbranched alkanes of at least 4 members (excludes halogenated alkanes) is 6. The number of carbonyl (C=O) groups is 5. The second-order valence-electron chi connectivity index (χ2n) is 13.7. The van der Waals surface area contributed by atoms with Gasteiger partial charge in [0.15, 0.2) is 5.78 Å². The summed E-state index contributed by atoms with van der Waals surface area (Å²) in [4.78, 5) is 55.8. The molecule has 10 heteroatoms. The topological polar surface area (TPSA) is 122 Å². The molecule has 380 valence electrons. The van der Waals surface area contributed by atoms with Crippen LogP contribution in [0, 0.1) is 0 Å². The summed E-state index contributed by atoms with van der Waals surface area (Å²) in [5.41, 5.74) is 0. The van der Waals surface area contributed by atoms with E-state index in [9.17, 15) is 24.0 Å². The summed E-state index contributed by atoms with van der Waals surface area (Å²) in [5, 5.41) is 1.89. The van der Waals surface area contributed by atoms with Gasteiger partial charge in [-0.2, -0.15) is 0 Å². The Morgan fingerprint density at radius 3 is 1.13 bits per heavy atom. The molecular weight excluding hydrogens is 813 g/mol. The monoisotopic (exact) mass is 921 g/mol. The van der Waals surface area contributed by atoms with Crippen LogP contribution in [0.4, 0.5) is 0 Å². The summed E-state index contributed by atoms with van der Waals surface area (Å²) < 4.78 is 20.7. The normalized spacial score (nSPS) is 10.9. The van der Waals surface area contributed by atoms with E-state index >= 15 is 0 Å². The maximum Gasteiger partial charge on any atom is 0.172 e. The average molecular weight is 922 g/mol. The molecule has 0 aliphatic carbocycles. The lowest BCUT2D eigenvalue weighted by Crippen LogP contribution is -2.16.